The Morgan fingerprint density at radius 1 is 1.20 bits per heavy atom. The molecule has 2 heterocycles. The minimum absolute atomic E-state index is 0.00121. The molecule has 2 aromatic rings. The maximum absolute atomic E-state index is 13.4. The number of amides is 1. The van der Waals surface area contributed by atoms with Gasteiger partial charge in [-0.05, 0) is 42.3 Å². The number of pyridine rings is 1. The average Bonchev–Trinajstić information content (AvgIpc) is 3.01. The number of nitrogens with zero attached hydrogens (tertiary/aromatic N) is 2. The van der Waals surface area contributed by atoms with E-state index in [2.05, 4.69) is 10.3 Å². The van der Waals surface area contributed by atoms with Gasteiger partial charge in [0, 0.05) is 43.2 Å². The number of alkyl halides is 3. The first kappa shape index (κ1) is 17.3. The van der Waals surface area contributed by atoms with E-state index in [4.69, 9.17) is 0 Å². The molecule has 0 spiro atoms. The fourth-order valence-electron chi connectivity index (χ4n) is 2.89. The van der Waals surface area contributed by atoms with Crippen LogP contribution in [0, 0.1) is 0 Å². The number of carbonyl (C=O) groups is 1. The van der Waals surface area contributed by atoms with Crippen LogP contribution in [0.3, 0.4) is 0 Å². The molecule has 132 valence electrons. The molecule has 0 saturated carbocycles. The first-order valence-corrected chi connectivity index (χ1v) is 8.06. The maximum Gasteiger partial charge on any atom is 0.408 e. The molecule has 0 radical (unpaired) electrons. The first-order valence-electron chi connectivity index (χ1n) is 8.06. The predicted molar refractivity (Wildman–Crippen MR) is 89.4 cm³/mol. The van der Waals surface area contributed by atoms with Crippen LogP contribution in [-0.2, 0) is 11.2 Å². The van der Waals surface area contributed by atoms with E-state index >= 15 is 0 Å². The van der Waals surface area contributed by atoms with Gasteiger partial charge in [0.2, 0.25) is 5.91 Å². The SMILES string of the molecule is O=C1CCCN1c1cccc(N[C@H](Cc2ccncc2)C(F)(F)F)c1. The summed E-state index contributed by atoms with van der Waals surface area (Å²) in [5.41, 5.74) is 1.52. The standard InChI is InChI=1S/C18H18F3N3O/c19-18(20,21)16(11-13-6-8-22-9-7-13)23-14-3-1-4-15(12-14)24-10-2-5-17(24)25/h1,3-4,6-9,12,16,23H,2,5,10-11H2/t16-/m1/s1. The molecule has 1 aromatic heterocycles. The molecular weight excluding hydrogens is 331 g/mol. The molecule has 7 heteroatoms. The van der Waals surface area contributed by atoms with Gasteiger partial charge in [0.1, 0.15) is 6.04 Å². The van der Waals surface area contributed by atoms with Gasteiger partial charge in [-0.25, -0.2) is 0 Å². The largest absolute Gasteiger partial charge is 0.408 e. The predicted octanol–water partition coefficient (Wildman–Crippen LogP) is 3.79. The maximum atomic E-state index is 13.4. The molecule has 3 rings (SSSR count). The number of hydrogen-bond acceptors (Lipinski definition) is 3. The van der Waals surface area contributed by atoms with Gasteiger partial charge in [0.05, 0.1) is 0 Å². The average molecular weight is 349 g/mol. The summed E-state index contributed by atoms with van der Waals surface area (Å²) in [6, 6.07) is 7.98. The Kier molecular flexibility index (Phi) is 4.92. The molecule has 1 N–H and O–H groups in total. The highest BCUT2D eigenvalue weighted by Crippen LogP contribution is 2.29. The van der Waals surface area contributed by atoms with Crippen molar-refractivity contribution in [3.63, 3.8) is 0 Å². The van der Waals surface area contributed by atoms with Crippen molar-refractivity contribution in [3.8, 4) is 0 Å². The van der Waals surface area contributed by atoms with Gasteiger partial charge in [0.15, 0.2) is 0 Å². The van der Waals surface area contributed by atoms with Crippen molar-refractivity contribution in [2.75, 3.05) is 16.8 Å². The quantitative estimate of drug-likeness (QED) is 0.893. The summed E-state index contributed by atoms with van der Waals surface area (Å²) >= 11 is 0. The number of carbonyl (C=O) groups excluding carboxylic acids is 1. The van der Waals surface area contributed by atoms with Gasteiger partial charge in [-0.2, -0.15) is 13.2 Å². The third-order valence-corrected chi connectivity index (χ3v) is 4.16. The van der Waals surface area contributed by atoms with Crippen LogP contribution in [0.2, 0.25) is 0 Å². The topological polar surface area (TPSA) is 45.2 Å². The van der Waals surface area contributed by atoms with E-state index < -0.39 is 12.2 Å². The van der Waals surface area contributed by atoms with Gasteiger partial charge < -0.3 is 10.2 Å². The van der Waals surface area contributed by atoms with E-state index in [0.717, 1.165) is 6.42 Å². The molecule has 1 aromatic carbocycles. The molecule has 1 aliphatic rings. The lowest BCUT2D eigenvalue weighted by molar-refractivity contribution is -0.142. The van der Waals surface area contributed by atoms with Gasteiger partial charge in [0.25, 0.3) is 0 Å². The van der Waals surface area contributed by atoms with Crippen LogP contribution in [0.1, 0.15) is 18.4 Å². The van der Waals surface area contributed by atoms with Crippen molar-refractivity contribution in [3.05, 3.63) is 54.4 Å². The third-order valence-electron chi connectivity index (χ3n) is 4.16. The monoisotopic (exact) mass is 349 g/mol. The third kappa shape index (κ3) is 4.29. The van der Waals surface area contributed by atoms with Gasteiger partial charge in [-0.15, -0.1) is 0 Å². The minimum Gasteiger partial charge on any atom is -0.374 e. The molecule has 4 nitrogen and oxygen atoms in total. The zero-order valence-corrected chi connectivity index (χ0v) is 13.5. The van der Waals surface area contributed by atoms with E-state index in [1.807, 2.05) is 0 Å². The molecule has 1 amide bonds. The Balaban J connectivity index is 1.79. The molecule has 1 saturated heterocycles. The van der Waals surface area contributed by atoms with Crippen LogP contribution < -0.4 is 10.2 Å². The number of anilines is 2. The lowest BCUT2D eigenvalue weighted by Crippen LogP contribution is -2.38. The number of nitrogens with one attached hydrogen (secondary N) is 1. The summed E-state index contributed by atoms with van der Waals surface area (Å²) in [6.45, 7) is 0.599. The van der Waals surface area contributed by atoms with E-state index in [9.17, 15) is 18.0 Å². The summed E-state index contributed by atoms with van der Waals surface area (Å²) < 4.78 is 40.2. The van der Waals surface area contributed by atoms with Crippen molar-refractivity contribution < 1.29 is 18.0 Å². The molecule has 0 aliphatic carbocycles. The highest BCUT2D eigenvalue weighted by Gasteiger charge is 2.39. The van der Waals surface area contributed by atoms with Crippen molar-refractivity contribution in [2.24, 2.45) is 0 Å². The number of benzene rings is 1. The van der Waals surface area contributed by atoms with Crippen molar-refractivity contribution in [1.29, 1.82) is 0 Å². The number of halogens is 3. The van der Waals surface area contributed by atoms with Crippen LogP contribution in [0.4, 0.5) is 24.5 Å². The van der Waals surface area contributed by atoms with Crippen LogP contribution in [0.25, 0.3) is 0 Å². The summed E-state index contributed by atoms with van der Waals surface area (Å²) in [7, 11) is 0. The minimum atomic E-state index is -4.40. The van der Waals surface area contributed by atoms with Crippen molar-refractivity contribution in [1.82, 2.24) is 4.98 Å². The van der Waals surface area contributed by atoms with Crippen molar-refractivity contribution in [2.45, 2.75) is 31.5 Å². The second kappa shape index (κ2) is 7.13. The molecule has 1 fully saturated rings. The highest BCUT2D eigenvalue weighted by atomic mass is 19.4. The molecule has 1 atom stereocenters. The van der Waals surface area contributed by atoms with Gasteiger partial charge >= 0.3 is 6.18 Å². The Labute approximate surface area is 143 Å². The van der Waals surface area contributed by atoms with Crippen LogP contribution >= 0.6 is 0 Å². The van der Waals surface area contributed by atoms with Crippen molar-refractivity contribution >= 4 is 17.3 Å². The van der Waals surface area contributed by atoms with Crippen LogP contribution in [0.15, 0.2) is 48.8 Å². The summed E-state index contributed by atoms with van der Waals surface area (Å²) in [5.74, 6) is 0.00121. The lowest BCUT2D eigenvalue weighted by atomic mass is 10.1. The van der Waals surface area contributed by atoms with Gasteiger partial charge in [-0.3, -0.25) is 9.78 Å². The Morgan fingerprint density at radius 2 is 1.96 bits per heavy atom. The second-order valence-corrected chi connectivity index (χ2v) is 6.00. The fourth-order valence-corrected chi connectivity index (χ4v) is 2.89. The summed E-state index contributed by atoms with van der Waals surface area (Å²) in [5, 5.41) is 2.56. The molecule has 0 unspecified atom stereocenters. The van der Waals surface area contributed by atoms with E-state index in [1.54, 1.807) is 41.3 Å². The van der Waals surface area contributed by atoms with E-state index in [-0.39, 0.29) is 12.3 Å². The second-order valence-electron chi connectivity index (χ2n) is 6.00. The number of hydrogen-bond donors (Lipinski definition) is 1. The number of aromatic nitrogens is 1. The molecule has 0 bridgehead atoms. The highest BCUT2D eigenvalue weighted by molar-refractivity contribution is 5.95. The summed E-state index contributed by atoms with van der Waals surface area (Å²) in [4.78, 5) is 17.3. The fraction of sp³-hybridized carbons (Fsp3) is 0.333. The van der Waals surface area contributed by atoms with Crippen LogP contribution in [-0.4, -0.2) is 29.7 Å². The zero-order chi connectivity index (χ0) is 17.9. The normalized spacial score (nSPS) is 16.1. The lowest BCUT2D eigenvalue weighted by Gasteiger charge is -2.24. The number of rotatable bonds is 5. The molecule has 1 aliphatic heterocycles. The zero-order valence-electron chi connectivity index (χ0n) is 13.5. The Hall–Kier alpha value is -2.57. The molecule has 25 heavy (non-hydrogen) atoms. The summed E-state index contributed by atoms with van der Waals surface area (Å²) in [6.07, 6.45) is -0.402. The van der Waals surface area contributed by atoms with E-state index in [0.29, 0.717) is 29.9 Å². The smallest absolute Gasteiger partial charge is 0.374 e. The van der Waals surface area contributed by atoms with Crippen LogP contribution in [0.5, 0.6) is 0 Å². The Morgan fingerprint density at radius 3 is 2.60 bits per heavy atom. The molecular formula is C18H18F3N3O. The Bertz CT molecular complexity index is 734. The van der Waals surface area contributed by atoms with E-state index in [1.165, 1.54) is 12.4 Å². The first-order chi connectivity index (χ1) is 11.9. The van der Waals surface area contributed by atoms with Gasteiger partial charge in [-0.1, -0.05) is 6.07 Å².